The summed E-state index contributed by atoms with van der Waals surface area (Å²) in [5.74, 6) is -4.06. The van der Waals surface area contributed by atoms with Crippen molar-refractivity contribution in [3.63, 3.8) is 0 Å². The topological polar surface area (TPSA) is 109 Å². The molecule has 0 fully saturated rings. The van der Waals surface area contributed by atoms with E-state index in [1.54, 1.807) is 42.5 Å². The average molecular weight is 576 g/mol. The molecule has 0 saturated heterocycles. The Hall–Kier alpha value is -2.95. The van der Waals surface area contributed by atoms with E-state index in [-0.39, 0.29) is 35.4 Å². The Morgan fingerprint density at radius 1 is 1.14 bits per heavy atom. The van der Waals surface area contributed by atoms with E-state index in [0.29, 0.717) is 16.1 Å². The maximum absolute atomic E-state index is 13.6. The number of alkyl halides is 2. The molecule has 198 valence electrons. The molecule has 8 nitrogen and oxygen atoms in total. The van der Waals surface area contributed by atoms with Crippen LogP contribution < -0.4 is 11.4 Å². The van der Waals surface area contributed by atoms with E-state index in [9.17, 15) is 23.2 Å². The van der Waals surface area contributed by atoms with Gasteiger partial charge in [0.15, 0.2) is 11.6 Å². The lowest BCUT2D eigenvalue weighted by molar-refractivity contribution is -0.120. The Kier molecular flexibility index (Phi) is 9.33. The predicted molar refractivity (Wildman–Crippen MR) is 137 cm³/mol. The first-order valence-corrected chi connectivity index (χ1v) is 12.2. The van der Waals surface area contributed by atoms with Crippen molar-refractivity contribution in [1.82, 2.24) is 14.3 Å². The van der Waals surface area contributed by atoms with Crippen molar-refractivity contribution < 1.29 is 23.1 Å². The number of hydrogen-bond donors (Lipinski definition) is 1. The number of amides is 1. The van der Waals surface area contributed by atoms with E-state index in [1.807, 2.05) is 0 Å². The van der Waals surface area contributed by atoms with Gasteiger partial charge in [0.1, 0.15) is 13.2 Å². The summed E-state index contributed by atoms with van der Waals surface area (Å²) in [6.45, 7) is -0.281. The molecule has 1 heterocycles. The van der Waals surface area contributed by atoms with Gasteiger partial charge in [-0.3, -0.25) is 9.36 Å². The second kappa shape index (κ2) is 12.1. The number of nitrogens with zero attached hydrogens (tertiary/aromatic N) is 3. The lowest BCUT2D eigenvalue weighted by Crippen LogP contribution is -2.30. The number of ether oxygens (including phenoxy) is 1. The maximum atomic E-state index is 13.6. The summed E-state index contributed by atoms with van der Waals surface area (Å²) in [5, 5.41) is 5.11. The summed E-state index contributed by atoms with van der Waals surface area (Å²) in [6.07, 6.45) is -1.84. The highest BCUT2D eigenvalue weighted by molar-refractivity contribution is 6.42. The number of primary amides is 1. The molecule has 3 rings (SSSR count). The van der Waals surface area contributed by atoms with Gasteiger partial charge >= 0.3 is 11.8 Å². The van der Waals surface area contributed by atoms with Crippen LogP contribution >= 0.6 is 34.8 Å². The molecule has 0 saturated carbocycles. The molecule has 1 atom stereocenters. The summed E-state index contributed by atoms with van der Waals surface area (Å²) in [6, 6.07) is 11.1. The number of benzene rings is 2. The zero-order chi connectivity index (χ0) is 27.3. The molecule has 1 aromatic heterocycles. The van der Waals surface area contributed by atoms with Crippen LogP contribution in [-0.2, 0) is 22.6 Å². The Morgan fingerprint density at radius 3 is 2.43 bits per heavy atom. The summed E-state index contributed by atoms with van der Waals surface area (Å²) in [7, 11) is 0. The van der Waals surface area contributed by atoms with Crippen molar-refractivity contribution in [1.29, 1.82) is 0 Å². The maximum Gasteiger partial charge on any atom is 0.404 e. The number of carbonyl (C=O) groups excluding carboxylic acids is 2. The average Bonchev–Trinajstić information content (AvgIpc) is 3.12. The van der Waals surface area contributed by atoms with Crippen LogP contribution in [0.3, 0.4) is 0 Å². The minimum atomic E-state index is -3.02. The molecule has 0 aliphatic carbocycles. The highest BCUT2D eigenvalue weighted by Crippen LogP contribution is 2.33. The molecule has 1 amide bonds. The summed E-state index contributed by atoms with van der Waals surface area (Å²) >= 11 is 18.3. The van der Waals surface area contributed by atoms with Crippen LogP contribution in [0.15, 0.2) is 47.3 Å². The smallest absolute Gasteiger partial charge is 0.404 e. The third kappa shape index (κ3) is 7.77. The molecular weight excluding hydrogens is 553 g/mol. The molecular formula is C24H23Cl3F2N4O4. The quantitative estimate of drug-likeness (QED) is 0.322. The molecule has 0 aliphatic rings. The first-order valence-electron chi connectivity index (χ1n) is 11.0. The van der Waals surface area contributed by atoms with Crippen LogP contribution in [0.4, 0.5) is 13.6 Å². The first-order chi connectivity index (χ1) is 17.4. The molecule has 0 aliphatic heterocycles. The van der Waals surface area contributed by atoms with Crippen LogP contribution in [0.5, 0.6) is 0 Å². The van der Waals surface area contributed by atoms with E-state index < -0.39 is 42.4 Å². The van der Waals surface area contributed by atoms with Gasteiger partial charge < -0.3 is 10.5 Å². The highest BCUT2D eigenvalue weighted by atomic mass is 35.5. The number of aromatic nitrogens is 3. The van der Waals surface area contributed by atoms with Crippen LogP contribution in [0.2, 0.25) is 15.1 Å². The summed E-state index contributed by atoms with van der Waals surface area (Å²) in [4.78, 5) is 37.3. The number of Topliss-reactive ketones (excluding diaryl/α,β-unsaturated/α-hetero) is 1. The van der Waals surface area contributed by atoms with Gasteiger partial charge in [-0.25, -0.2) is 23.1 Å². The van der Waals surface area contributed by atoms with Crippen LogP contribution in [0.1, 0.15) is 31.2 Å². The summed E-state index contributed by atoms with van der Waals surface area (Å²) < 4.78 is 34.0. The molecule has 13 heteroatoms. The number of hydrogen-bond acceptors (Lipinski definition) is 5. The molecule has 0 spiro atoms. The zero-order valence-electron chi connectivity index (χ0n) is 19.6. The van der Waals surface area contributed by atoms with Crippen molar-refractivity contribution in [2.45, 2.75) is 44.7 Å². The molecule has 2 aromatic carbocycles. The van der Waals surface area contributed by atoms with Gasteiger partial charge in [-0.05, 0) is 42.8 Å². The fourth-order valence-corrected chi connectivity index (χ4v) is 4.24. The van der Waals surface area contributed by atoms with Crippen molar-refractivity contribution in [2.24, 2.45) is 5.73 Å². The van der Waals surface area contributed by atoms with Gasteiger partial charge in [-0.2, -0.15) is 0 Å². The lowest BCUT2D eigenvalue weighted by Gasteiger charge is -2.18. The van der Waals surface area contributed by atoms with E-state index in [4.69, 9.17) is 45.3 Å². The van der Waals surface area contributed by atoms with Crippen LogP contribution in [0, 0.1) is 0 Å². The van der Waals surface area contributed by atoms with Gasteiger partial charge in [0.05, 0.1) is 10.0 Å². The standard InChI is InChI=1S/C24H23Cl3F2N4O4/c1-24(28,29)9-10-32-21(14-5-7-16(25)8-6-14)31-33(23(32)36)12-17(34)11-15(13-37-22(30)35)18-3-2-4-19(26)20(18)27/h2-8,15H,9-13H2,1H3,(H2,30,35). The number of nitrogens with two attached hydrogens (primary N) is 1. The van der Waals surface area contributed by atoms with Gasteiger partial charge in [0.25, 0.3) is 0 Å². The number of rotatable bonds is 11. The molecule has 2 N–H and O–H groups in total. The SMILES string of the molecule is CC(F)(F)CCn1c(-c2ccc(Cl)cc2)nn(CC(=O)CC(COC(N)=O)c2cccc(Cl)c2Cl)c1=O. The van der Waals surface area contributed by atoms with Crippen molar-refractivity contribution in [3.8, 4) is 11.4 Å². The molecule has 37 heavy (non-hydrogen) atoms. The molecule has 0 radical (unpaired) electrons. The first kappa shape index (κ1) is 28.6. The molecule has 0 bridgehead atoms. The van der Waals surface area contributed by atoms with Crippen molar-refractivity contribution in [3.05, 3.63) is 73.6 Å². The second-order valence-corrected chi connectivity index (χ2v) is 9.68. The summed E-state index contributed by atoms with van der Waals surface area (Å²) in [5.41, 5.74) is 5.27. The van der Waals surface area contributed by atoms with Gasteiger partial charge in [0, 0.05) is 35.9 Å². The van der Waals surface area contributed by atoms with E-state index >= 15 is 0 Å². The largest absolute Gasteiger partial charge is 0.449 e. The highest BCUT2D eigenvalue weighted by Gasteiger charge is 2.26. The Labute approximate surface area is 225 Å². The van der Waals surface area contributed by atoms with Crippen molar-refractivity contribution in [2.75, 3.05) is 6.61 Å². The van der Waals surface area contributed by atoms with Crippen molar-refractivity contribution >= 4 is 46.7 Å². The Balaban J connectivity index is 1.90. The minimum Gasteiger partial charge on any atom is -0.449 e. The number of halogens is 5. The third-order valence-electron chi connectivity index (χ3n) is 5.45. The number of carbonyl (C=O) groups is 2. The fraction of sp³-hybridized carbons (Fsp3) is 0.333. The fourth-order valence-electron chi connectivity index (χ4n) is 3.65. The van der Waals surface area contributed by atoms with Crippen LogP contribution in [0.25, 0.3) is 11.4 Å². The zero-order valence-corrected chi connectivity index (χ0v) is 21.9. The van der Waals surface area contributed by atoms with E-state index in [0.717, 1.165) is 16.2 Å². The lowest BCUT2D eigenvalue weighted by atomic mass is 9.94. The monoisotopic (exact) mass is 574 g/mol. The molecule has 3 aromatic rings. The molecule has 1 unspecified atom stereocenters. The number of ketones is 1. The van der Waals surface area contributed by atoms with Crippen LogP contribution in [-0.4, -0.2) is 38.8 Å². The third-order valence-corrected chi connectivity index (χ3v) is 6.53. The van der Waals surface area contributed by atoms with Gasteiger partial charge in [0.2, 0.25) is 5.92 Å². The van der Waals surface area contributed by atoms with Gasteiger partial charge in [-0.15, -0.1) is 5.10 Å². The van der Waals surface area contributed by atoms with E-state index in [1.165, 1.54) is 0 Å². The normalized spacial score (nSPS) is 12.4. The predicted octanol–water partition coefficient (Wildman–Crippen LogP) is 5.56. The Morgan fingerprint density at radius 2 is 1.81 bits per heavy atom. The van der Waals surface area contributed by atoms with Gasteiger partial charge in [-0.1, -0.05) is 46.9 Å². The minimum absolute atomic E-state index is 0.116. The van der Waals surface area contributed by atoms with E-state index in [2.05, 4.69) is 5.10 Å². The second-order valence-electron chi connectivity index (χ2n) is 8.46. The Bertz CT molecular complexity index is 1340.